The van der Waals surface area contributed by atoms with Gasteiger partial charge in [0.25, 0.3) is 0 Å². The van der Waals surface area contributed by atoms with Gasteiger partial charge in [0.2, 0.25) is 17.7 Å². The van der Waals surface area contributed by atoms with Crippen LogP contribution in [0.25, 0.3) is 0 Å². The number of hydrogen-bond donors (Lipinski definition) is 2. The van der Waals surface area contributed by atoms with E-state index in [0.717, 1.165) is 19.3 Å². The van der Waals surface area contributed by atoms with Crippen LogP contribution in [0.4, 0.5) is 5.69 Å². The first-order valence-electron chi connectivity index (χ1n) is 7.91. The average molecular weight is 303 g/mol. The molecule has 1 aromatic rings. The summed E-state index contributed by atoms with van der Waals surface area (Å²) in [4.78, 5) is 27.3. The lowest BCUT2D eigenvalue weighted by atomic mass is 10.1. The predicted molar refractivity (Wildman–Crippen MR) is 81.5 cm³/mol. The number of hydrogen-bond acceptors (Lipinski definition) is 4. The standard InChI is InChI=1S/C16H21N3O3/c20-14-7-5-11(18-14)9-15(21)19-12-6-8-16(17-10-12)22-13-3-1-2-4-13/h6,8,10-11,13H,1-5,7,9H2,(H,18,20)(H,19,21)/t11-/m1/s1. The van der Waals surface area contributed by atoms with E-state index in [1.807, 2.05) is 0 Å². The molecule has 2 heterocycles. The van der Waals surface area contributed by atoms with Crippen LogP contribution in [-0.2, 0) is 9.59 Å². The van der Waals surface area contributed by atoms with E-state index in [2.05, 4.69) is 15.6 Å². The maximum atomic E-state index is 11.9. The third-order valence-corrected chi connectivity index (χ3v) is 4.13. The van der Waals surface area contributed by atoms with Gasteiger partial charge in [-0.2, -0.15) is 0 Å². The molecule has 6 heteroatoms. The fourth-order valence-corrected chi connectivity index (χ4v) is 2.97. The molecule has 2 amide bonds. The number of rotatable bonds is 5. The number of anilines is 1. The molecule has 1 aliphatic heterocycles. The van der Waals surface area contributed by atoms with Crippen LogP contribution in [0.2, 0.25) is 0 Å². The van der Waals surface area contributed by atoms with Crippen LogP contribution >= 0.6 is 0 Å². The highest BCUT2D eigenvalue weighted by Crippen LogP contribution is 2.23. The van der Waals surface area contributed by atoms with Crippen molar-refractivity contribution in [2.75, 3.05) is 5.32 Å². The summed E-state index contributed by atoms with van der Waals surface area (Å²) in [5.41, 5.74) is 0.646. The van der Waals surface area contributed by atoms with Gasteiger partial charge in [-0.1, -0.05) is 0 Å². The first-order chi connectivity index (χ1) is 10.7. The lowest BCUT2D eigenvalue weighted by Gasteiger charge is -2.13. The molecule has 1 aliphatic carbocycles. The Balaban J connectivity index is 1.47. The molecule has 2 fully saturated rings. The van der Waals surface area contributed by atoms with E-state index < -0.39 is 0 Å². The summed E-state index contributed by atoms with van der Waals surface area (Å²) < 4.78 is 5.78. The van der Waals surface area contributed by atoms with Gasteiger partial charge in [-0.15, -0.1) is 0 Å². The third kappa shape index (κ3) is 3.96. The zero-order valence-corrected chi connectivity index (χ0v) is 12.5. The maximum Gasteiger partial charge on any atom is 0.226 e. The van der Waals surface area contributed by atoms with Crippen LogP contribution in [0.1, 0.15) is 44.9 Å². The minimum atomic E-state index is -0.113. The highest BCUT2D eigenvalue weighted by Gasteiger charge is 2.23. The number of carbonyl (C=O) groups excluding carboxylic acids is 2. The van der Waals surface area contributed by atoms with E-state index in [4.69, 9.17) is 4.74 Å². The zero-order valence-electron chi connectivity index (χ0n) is 12.5. The molecular formula is C16H21N3O3. The van der Waals surface area contributed by atoms with Crippen molar-refractivity contribution in [1.82, 2.24) is 10.3 Å². The lowest BCUT2D eigenvalue weighted by Crippen LogP contribution is -2.29. The molecule has 1 saturated carbocycles. The Morgan fingerprint density at radius 3 is 2.77 bits per heavy atom. The SMILES string of the molecule is O=C(C[C@H]1CCC(=O)N1)Nc1ccc(OC2CCCC2)nc1. The molecule has 1 atom stereocenters. The van der Waals surface area contributed by atoms with Gasteiger partial charge in [0.05, 0.1) is 11.9 Å². The van der Waals surface area contributed by atoms with Crippen molar-refractivity contribution in [3.63, 3.8) is 0 Å². The van der Waals surface area contributed by atoms with Crippen LogP contribution < -0.4 is 15.4 Å². The largest absolute Gasteiger partial charge is 0.474 e. The van der Waals surface area contributed by atoms with Gasteiger partial charge in [-0.05, 0) is 38.2 Å². The molecule has 0 bridgehead atoms. The molecule has 0 aromatic carbocycles. The van der Waals surface area contributed by atoms with Crippen LogP contribution in [0, 0.1) is 0 Å². The predicted octanol–water partition coefficient (Wildman–Crippen LogP) is 2.01. The van der Waals surface area contributed by atoms with Crippen LogP contribution in [-0.4, -0.2) is 28.9 Å². The Hall–Kier alpha value is -2.11. The third-order valence-electron chi connectivity index (χ3n) is 4.13. The van der Waals surface area contributed by atoms with E-state index in [-0.39, 0.29) is 24.0 Å². The highest BCUT2D eigenvalue weighted by atomic mass is 16.5. The first-order valence-corrected chi connectivity index (χ1v) is 7.91. The highest BCUT2D eigenvalue weighted by molar-refractivity contribution is 5.91. The summed E-state index contributed by atoms with van der Waals surface area (Å²) in [5.74, 6) is 0.513. The minimum absolute atomic E-state index is 0.0212. The number of ether oxygens (including phenoxy) is 1. The summed E-state index contributed by atoms with van der Waals surface area (Å²) in [5, 5.41) is 5.58. The first kappa shape index (κ1) is 14.8. The maximum absolute atomic E-state index is 11.9. The van der Waals surface area contributed by atoms with Crippen LogP contribution in [0.5, 0.6) is 5.88 Å². The minimum Gasteiger partial charge on any atom is -0.474 e. The fraction of sp³-hybridized carbons (Fsp3) is 0.562. The van der Waals surface area contributed by atoms with Crippen molar-refractivity contribution in [2.45, 2.75) is 57.1 Å². The second-order valence-corrected chi connectivity index (χ2v) is 5.96. The van der Waals surface area contributed by atoms with Crippen molar-refractivity contribution in [3.05, 3.63) is 18.3 Å². The van der Waals surface area contributed by atoms with Crippen molar-refractivity contribution >= 4 is 17.5 Å². The molecule has 1 aromatic heterocycles. The number of aromatic nitrogens is 1. The quantitative estimate of drug-likeness (QED) is 0.872. The Labute approximate surface area is 129 Å². The van der Waals surface area contributed by atoms with Crippen molar-refractivity contribution in [1.29, 1.82) is 0 Å². The van der Waals surface area contributed by atoms with Crippen LogP contribution in [0.15, 0.2) is 18.3 Å². The molecular weight excluding hydrogens is 282 g/mol. The van der Waals surface area contributed by atoms with Gasteiger partial charge in [0, 0.05) is 24.9 Å². The van der Waals surface area contributed by atoms with Gasteiger partial charge in [0.15, 0.2) is 0 Å². The van der Waals surface area contributed by atoms with Crippen molar-refractivity contribution in [3.8, 4) is 5.88 Å². The Bertz CT molecular complexity index is 538. The van der Waals surface area contributed by atoms with E-state index in [0.29, 0.717) is 24.4 Å². The van der Waals surface area contributed by atoms with E-state index >= 15 is 0 Å². The summed E-state index contributed by atoms with van der Waals surface area (Å²) in [7, 11) is 0. The van der Waals surface area contributed by atoms with Crippen molar-refractivity contribution in [2.24, 2.45) is 0 Å². The van der Waals surface area contributed by atoms with Crippen LogP contribution in [0.3, 0.4) is 0 Å². The average Bonchev–Trinajstić information content (AvgIpc) is 3.13. The molecule has 22 heavy (non-hydrogen) atoms. The second-order valence-electron chi connectivity index (χ2n) is 5.96. The Morgan fingerprint density at radius 1 is 1.32 bits per heavy atom. The van der Waals surface area contributed by atoms with Gasteiger partial charge < -0.3 is 15.4 Å². The molecule has 6 nitrogen and oxygen atoms in total. The summed E-state index contributed by atoms with van der Waals surface area (Å²) in [6.07, 6.45) is 8.03. The lowest BCUT2D eigenvalue weighted by molar-refractivity contribution is -0.119. The van der Waals surface area contributed by atoms with E-state index in [9.17, 15) is 9.59 Å². The van der Waals surface area contributed by atoms with Gasteiger partial charge in [-0.3, -0.25) is 9.59 Å². The van der Waals surface area contributed by atoms with Gasteiger partial charge in [0.1, 0.15) is 6.10 Å². The number of pyridine rings is 1. The summed E-state index contributed by atoms with van der Waals surface area (Å²) >= 11 is 0. The van der Waals surface area contributed by atoms with E-state index in [1.165, 1.54) is 12.8 Å². The van der Waals surface area contributed by atoms with Crippen molar-refractivity contribution < 1.29 is 14.3 Å². The monoisotopic (exact) mass is 303 g/mol. The van der Waals surface area contributed by atoms with E-state index in [1.54, 1.807) is 18.3 Å². The molecule has 118 valence electrons. The topological polar surface area (TPSA) is 80.3 Å². The molecule has 0 unspecified atom stereocenters. The molecule has 1 saturated heterocycles. The fourth-order valence-electron chi connectivity index (χ4n) is 2.97. The Morgan fingerprint density at radius 2 is 2.14 bits per heavy atom. The molecule has 2 aliphatic rings. The molecule has 3 rings (SSSR count). The molecule has 0 spiro atoms. The number of nitrogens with zero attached hydrogens (tertiary/aromatic N) is 1. The molecule has 0 radical (unpaired) electrons. The number of carbonyl (C=O) groups is 2. The van der Waals surface area contributed by atoms with Gasteiger partial charge >= 0.3 is 0 Å². The van der Waals surface area contributed by atoms with Gasteiger partial charge in [-0.25, -0.2) is 4.98 Å². The molecule has 2 N–H and O–H groups in total. The zero-order chi connectivity index (χ0) is 15.4. The number of amides is 2. The smallest absolute Gasteiger partial charge is 0.226 e. The Kier molecular flexibility index (Phi) is 4.56. The second kappa shape index (κ2) is 6.77. The normalized spacial score (nSPS) is 21.6. The summed E-state index contributed by atoms with van der Waals surface area (Å²) in [6.45, 7) is 0. The number of nitrogens with one attached hydrogen (secondary N) is 2. The summed E-state index contributed by atoms with van der Waals surface area (Å²) in [6, 6.07) is 3.53.